The van der Waals surface area contributed by atoms with E-state index in [1.807, 2.05) is 0 Å². The number of sulfonamides is 1. The number of anilines is 1. The van der Waals surface area contributed by atoms with Gasteiger partial charge in [0.15, 0.2) is 0 Å². The van der Waals surface area contributed by atoms with Gasteiger partial charge in [0.2, 0.25) is 21.8 Å². The summed E-state index contributed by atoms with van der Waals surface area (Å²) in [4.78, 5) is 39.0. The van der Waals surface area contributed by atoms with Gasteiger partial charge in [-0.15, -0.1) is 0 Å². The summed E-state index contributed by atoms with van der Waals surface area (Å²) in [6.07, 6.45) is 5.72. The van der Waals surface area contributed by atoms with Gasteiger partial charge >= 0.3 is 0 Å². The van der Waals surface area contributed by atoms with Crippen LogP contribution in [0.3, 0.4) is 0 Å². The van der Waals surface area contributed by atoms with Crippen molar-refractivity contribution in [3.8, 4) is 5.75 Å². The van der Waals surface area contributed by atoms with Gasteiger partial charge in [-0.05, 0) is 37.5 Å². The molecule has 1 aliphatic carbocycles. The molecule has 1 atom stereocenters. The van der Waals surface area contributed by atoms with Crippen molar-refractivity contribution in [2.45, 2.75) is 57.7 Å². The highest BCUT2D eigenvalue weighted by Crippen LogP contribution is 2.34. The van der Waals surface area contributed by atoms with E-state index in [-0.39, 0.29) is 35.6 Å². The van der Waals surface area contributed by atoms with Gasteiger partial charge < -0.3 is 15.0 Å². The van der Waals surface area contributed by atoms with Crippen molar-refractivity contribution < 1.29 is 27.7 Å². The van der Waals surface area contributed by atoms with E-state index in [1.165, 1.54) is 24.1 Å². The molecule has 11 nitrogen and oxygen atoms in total. The molecule has 1 N–H and O–H groups in total. The van der Waals surface area contributed by atoms with Crippen LogP contribution in [0.2, 0.25) is 5.02 Å². The molecule has 2 amide bonds. The average molecular weight is 581 g/mol. The van der Waals surface area contributed by atoms with Crippen molar-refractivity contribution in [3.63, 3.8) is 0 Å². The molecule has 0 spiro atoms. The van der Waals surface area contributed by atoms with Gasteiger partial charge in [-0.2, -0.15) is 0 Å². The number of ether oxygens (including phenoxy) is 1. The fourth-order valence-electron chi connectivity index (χ4n) is 4.54. The Morgan fingerprint density at radius 1 is 1.18 bits per heavy atom. The van der Waals surface area contributed by atoms with Gasteiger partial charge in [0.25, 0.3) is 5.69 Å². The first-order valence-electron chi connectivity index (χ1n) is 12.6. The summed E-state index contributed by atoms with van der Waals surface area (Å²) in [5, 5.41) is 14.8. The Morgan fingerprint density at radius 3 is 2.44 bits per heavy atom. The molecule has 0 aliphatic heterocycles. The third-order valence-corrected chi connectivity index (χ3v) is 8.23. The highest BCUT2D eigenvalue weighted by atomic mass is 35.5. The Balaban J connectivity index is 1.97. The minimum absolute atomic E-state index is 0.00705. The number of nitrogens with zero attached hydrogens (tertiary/aromatic N) is 3. The Bertz CT molecular complexity index is 1320. The lowest BCUT2D eigenvalue weighted by atomic mass is 9.95. The van der Waals surface area contributed by atoms with Crippen molar-refractivity contribution in [1.29, 1.82) is 0 Å². The Labute approximate surface area is 233 Å². The number of carbonyl (C=O) groups is 2. The summed E-state index contributed by atoms with van der Waals surface area (Å²) in [6, 6.07) is 9.37. The molecule has 1 unspecified atom stereocenters. The largest absolute Gasteiger partial charge is 0.495 e. The average Bonchev–Trinajstić information content (AvgIpc) is 2.90. The second-order valence-corrected chi connectivity index (χ2v) is 11.8. The highest BCUT2D eigenvalue weighted by molar-refractivity contribution is 7.92. The van der Waals surface area contributed by atoms with Crippen LogP contribution in [-0.2, 0) is 26.2 Å². The number of carbonyl (C=O) groups excluding carboxylic acids is 2. The number of benzene rings is 2. The number of non-ortho nitro benzene ring substituents is 1. The van der Waals surface area contributed by atoms with Gasteiger partial charge in [0.05, 0.1) is 18.3 Å². The van der Waals surface area contributed by atoms with Gasteiger partial charge in [-0.1, -0.05) is 49.1 Å². The lowest BCUT2D eigenvalue weighted by Gasteiger charge is -2.33. The minimum Gasteiger partial charge on any atom is -0.495 e. The lowest BCUT2D eigenvalue weighted by molar-refractivity contribution is -0.384. The van der Waals surface area contributed by atoms with Gasteiger partial charge in [-0.25, -0.2) is 8.42 Å². The number of nitrogens with one attached hydrogen (secondary N) is 1. The molecule has 3 rings (SSSR count). The monoisotopic (exact) mass is 580 g/mol. The van der Waals surface area contributed by atoms with Crippen LogP contribution in [0.4, 0.5) is 11.4 Å². The summed E-state index contributed by atoms with van der Waals surface area (Å²) < 4.78 is 31.7. The number of rotatable bonds is 11. The van der Waals surface area contributed by atoms with Crippen LogP contribution >= 0.6 is 11.6 Å². The first-order valence-corrected chi connectivity index (χ1v) is 14.8. The predicted molar refractivity (Wildman–Crippen MR) is 148 cm³/mol. The summed E-state index contributed by atoms with van der Waals surface area (Å²) >= 11 is 6.35. The van der Waals surface area contributed by atoms with Crippen LogP contribution in [0.1, 0.15) is 44.6 Å². The third-order valence-electron chi connectivity index (χ3n) is 6.74. The molecule has 2 aromatic rings. The fourth-order valence-corrected chi connectivity index (χ4v) is 5.58. The molecule has 0 saturated heterocycles. The van der Waals surface area contributed by atoms with Crippen LogP contribution in [-0.4, -0.2) is 62.0 Å². The first kappa shape index (κ1) is 30.2. The van der Waals surface area contributed by atoms with Crippen LogP contribution in [0.25, 0.3) is 0 Å². The quantitative estimate of drug-likeness (QED) is 0.314. The molecular weight excluding hydrogens is 548 g/mol. The van der Waals surface area contributed by atoms with Crippen molar-refractivity contribution in [2.24, 2.45) is 0 Å². The van der Waals surface area contributed by atoms with E-state index < -0.39 is 33.4 Å². The Hall–Kier alpha value is -3.38. The van der Waals surface area contributed by atoms with Crippen molar-refractivity contribution in [1.82, 2.24) is 10.2 Å². The van der Waals surface area contributed by atoms with E-state index >= 15 is 0 Å². The van der Waals surface area contributed by atoms with E-state index in [9.17, 15) is 28.1 Å². The third kappa shape index (κ3) is 7.82. The van der Waals surface area contributed by atoms with Crippen molar-refractivity contribution in [3.05, 3.63) is 63.2 Å². The zero-order chi connectivity index (χ0) is 28.7. The second kappa shape index (κ2) is 13.1. The van der Waals surface area contributed by atoms with E-state index in [0.29, 0.717) is 10.6 Å². The molecule has 1 aliphatic rings. The number of hydrogen-bond donors (Lipinski definition) is 1. The summed E-state index contributed by atoms with van der Waals surface area (Å²) in [7, 11) is -2.83. The van der Waals surface area contributed by atoms with Crippen LogP contribution < -0.4 is 14.4 Å². The lowest BCUT2D eigenvalue weighted by Crippen LogP contribution is -2.53. The summed E-state index contributed by atoms with van der Waals surface area (Å²) in [5.41, 5.74) is 0.0308. The normalized spacial score (nSPS) is 14.8. The second-order valence-electron chi connectivity index (χ2n) is 9.52. The smallest absolute Gasteiger partial charge is 0.271 e. The zero-order valence-corrected chi connectivity index (χ0v) is 23.7. The van der Waals surface area contributed by atoms with E-state index in [2.05, 4.69) is 5.32 Å². The Kier molecular flexibility index (Phi) is 10.1. The maximum atomic E-state index is 13.8. The zero-order valence-electron chi connectivity index (χ0n) is 22.1. The Morgan fingerprint density at radius 2 is 1.85 bits per heavy atom. The fraction of sp³-hybridized carbons (Fsp3) is 0.462. The topological polar surface area (TPSA) is 139 Å². The maximum absolute atomic E-state index is 13.8. The summed E-state index contributed by atoms with van der Waals surface area (Å²) in [5.74, 6) is -1.03. The molecule has 1 fully saturated rings. The highest BCUT2D eigenvalue weighted by Gasteiger charge is 2.33. The molecule has 39 heavy (non-hydrogen) atoms. The molecule has 2 aromatic carbocycles. The summed E-state index contributed by atoms with van der Waals surface area (Å²) in [6.45, 7) is 0.801. The molecule has 0 heterocycles. The predicted octanol–water partition coefficient (Wildman–Crippen LogP) is 3.89. The van der Waals surface area contributed by atoms with E-state index in [1.54, 1.807) is 31.2 Å². The molecule has 13 heteroatoms. The van der Waals surface area contributed by atoms with Crippen molar-refractivity contribution >= 4 is 44.8 Å². The minimum atomic E-state index is -4.11. The maximum Gasteiger partial charge on any atom is 0.271 e. The van der Waals surface area contributed by atoms with E-state index in [0.717, 1.165) is 48.7 Å². The van der Waals surface area contributed by atoms with Crippen LogP contribution in [0.5, 0.6) is 5.75 Å². The number of nitro groups is 1. The number of methoxy groups -OCH3 is 1. The number of hydrogen-bond acceptors (Lipinski definition) is 7. The molecule has 0 bridgehead atoms. The van der Waals surface area contributed by atoms with Crippen LogP contribution in [0.15, 0.2) is 42.5 Å². The molecular formula is C26H33ClN4O7S. The number of amides is 2. The van der Waals surface area contributed by atoms with E-state index in [4.69, 9.17) is 16.3 Å². The first-order chi connectivity index (χ1) is 18.4. The molecule has 0 aromatic heterocycles. The van der Waals surface area contributed by atoms with Crippen molar-refractivity contribution in [2.75, 3.05) is 24.2 Å². The van der Waals surface area contributed by atoms with Crippen LogP contribution in [0, 0.1) is 10.1 Å². The van der Waals surface area contributed by atoms with Gasteiger partial charge in [0, 0.05) is 29.7 Å². The number of halogens is 1. The molecule has 1 saturated carbocycles. The molecule has 0 radical (unpaired) electrons. The van der Waals surface area contributed by atoms with Gasteiger partial charge in [0.1, 0.15) is 24.0 Å². The SMILES string of the molecule is COc1ccc([N+](=O)[O-])cc1N(CC(=O)N(Cc1ccccc1Cl)C(C)C(=O)NC1CCCCC1)S(C)(=O)=O. The van der Waals surface area contributed by atoms with Gasteiger partial charge in [-0.3, -0.25) is 24.0 Å². The standard InChI is InChI=1S/C26H33ClN4O7S/c1-18(26(33)28-20-10-5-4-6-11-20)29(16-19-9-7-8-12-22(19)27)25(32)17-30(39(3,36)37)23-15-21(31(34)35)13-14-24(23)38-2/h7-9,12-15,18,20H,4-6,10-11,16-17H2,1-3H3,(H,28,33). The molecule has 212 valence electrons. The number of nitro benzene ring substituents is 1.